The number of carbonyl (C=O) groups excluding carboxylic acids is 2. The monoisotopic (exact) mass is 383 g/mol. The van der Waals surface area contributed by atoms with Crippen LogP contribution in [0.2, 0.25) is 0 Å². The molecule has 1 heterocycles. The number of morpholine rings is 1. The Hall–Kier alpha value is -3.06. The highest BCUT2D eigenvalue weighted by Gasteiger charge is 2.16. The largest absolute Gasteiger partial charge is 0.497 e. The molecule has 0 atom stereocenters. The van der Waals surface area contributed by atoms with Gasteiger partial charge in [-0.15, -0.1) is 0 Å². The summed E-state index contributed by atoms with van der Waals surface area (Å²) in [6.07, 6.45) is 0.210. The van der Waals surface area contributed by atoms with Crippen LogP contribution in [0, 0.1) is 0 Å². The lowest BCUT2D eigenvalue weighted by Crippen LogP contribution is -2.37. The topological polar surface area (TPSA) is 79.9 Å². The van der Waals surface area contributed by atoms with E-state index >= 15 is 0 Å². The molecule has 0 unspecified atom stereocenters. The summed E-state index contributed by atoms with van der Waals surface area (Å²) < 4.78 is 10.5. The molecular weight excluding hydrogens is 358 g/mol. The quantitative estimate of drug-likeness (QED) is 0.763. The van der Waals surface area contributed by atoms with Crippen LogP contribution >= 0.6 is 0 Å². The molecule has 7 heteroatoms. The molecule has 0 saturated carbocycles. The molecule has 0 aliphatic carbocycles. The van der Waals surface area contributed by atoms with Crippen molar-refractivity contribution >= 4 is 23.2 Å². The summed E-state index contributed by atoms with van der Waals surface area (Å²) >= 11 is 0. The van der Waals surface area contributed by atoms with E-state index in [4.69, 9.17) is 9.47 Å². The minimum absolute atomic E-state index is 0.0770. The van der Waals surface area contributed by atoms with E-state index in [1.165, 1.54) is 0 Å². The molecular formula is C21H25N3O4. The van der Waals surface area contributed by atoms with E-state index in [9.17, 15) is 9.59 Å². The highest BCUT2D eigenvalue weighted by Crippen LogP contribution is 2.26. The van der Waals surface area contributed by atoms with Crippen LogP contribution in [-0.2, 0) is 20.7 Å². The normalized spacial score (nSPS) is 13.7. The Balaban J connectivity index is 1.50. The smallest absolute Gasteiger partial charge is 0.243 e. The van der Waals surface area contributed by atoms with Crippen molar-refractivity contribution in [2.75, 3.05) is 50.2 Å². The van der Waals surface area contributed by atoms with Gasteiger partial charge in [-0.25, -0.2) is 0 Å². The first kappa shape index (κ1) is 19.7. The third-order valence-corrected chi connectivity index (χ3v) is 4.50. The summed E-state index contributed by atoms with van der Waals surface area (Å²) in [6.45, 7) is 2.83. The van der Waals surface area contributed by atoms with Gasteiger partial charge in [0.2, 0.25) is 11.8 Å². The van der Waals surface area contributed by atoms with Gasteiger partial charge < -0.3 is 25.0 Å². The van der Waals surface area contributed by atoms with Gasteiger partial charge in [-0.2, -0.15) is 0 Å². The second kappa shape index (κ2) is 9.75. The summed E-state index contributed by atoms with van der Waals surface area (Å²) in [7, 11) is 1.59. The Bertz CT molecular complexity index is 802. The average molecular weight is 383 g/mol. The van der Waals surface area contributed by atoms with Crippen LogP contribution < -0.4 is 20.3 Å². The molecule has 0 radical (unpaired) electrons. The highest BCUT2D eigenvalue weighted by molar-refractivity contribution is 5.97. The van der Waals surface area contributed by atoms with Crippen LogP contribution in [0.5, 0.6) is 5.75 Å². The third kappa shape index (κ3) is 5.47. The molecule has 2 aromatic carbocycles. The first-order chi connectivity index (χ1) is 13.7. The molecule has 7 nitrogen and oxygen atoms in total. The van der Waals surface area contributed by atoms with Crippen LogP contribution in [0.3, 0.4) is 0 Å². The molecule has 1 fully saturated rings. The number of para-hydroxylation sites is 2. The summed E-state index contributed by atoms with van der Waals surface area (Å²) in [5.74, 6) is 0.271. The first-order valence-electron chi connectivity index (χ1n) is 9.27. The van der Waals surface area contributed by atoms with E-state index in [1.807, 2.05) is 36.4 Å². The molecule has 1 aliphatic heterocycles. The van der Waals surface area contributed by atoms with Crippen LogP contribution in [0.25, 0.3) is 0 Å². The fraction of sp³-hybridized carbons (Fsp3) is 0.333. The average Bonchev–Trinajstić information content (AvgIpc) is 2.74. The number of benzene rings is 2. The summed E-state index contributed by atoms with van der Waals surface area (Å²) in [6, 6.07) is 14.9. The lowest BCUT2D eigenvalue weighted by Gasteiger charge is -2.30. The molecule has 3 rings (SSSR count). The van der Waals surface area contributed by atoms with Gasteiger partial charge in [0, 0.05) is 13.1 Å². The fourth-order valence-electron chi connectivity index (χ4n) is 3.02. The number of carbonyl (C=O) groups is 2. The van der Waals surface area contributed by atoms with Gasteiger partial charge in [-0.1, -0.05) is 24.3 Å². The van der Waals surface area contributed by atoms with E-state index in [0.717, 1.165) is 35.8 Å². The van der Waals surface area contributed by atoms with E-state index in [-0.39, 0.29) is 24.8 Å². The zero-order valence-electron chi connectivity index (χ0n) is 15.9. The maximum absolute atomic E-state index is 12.3. The van der Waals surface area contributed by atoms with Gasteiger partial charge in [0.25, 0.3) is 0 Å². The Labute approximate surface area is 164 Å². The van der Waals surface area contributed by atoms with Crippen LogP contribution in [-0.4, -0.2) is 51.8 Å². The van der Waals surface area contributed by atoms with Gasteiger partial charge in [0.1, 0.15) is 5.75 Å². The lowest BCUT2D eigenvalue weighted by molar-refractivity contribution is -0.123. The zero-order chi connectivity index (χ0) is 19.8. The van der Waals surface area contributed by atoms with Crippen molar-refractivity contribution in [3.8, 4) is 5.75 Å². The zero-order valence-corrected chi connectivity index (χ0v) is 15.9. The highest BCUT2D eigenvalue weighted by atomic mass is 16.5. The van der Waals surface area contributed by atoms with Gasteiger partial charge in [-0.3, -0.25) is 9.59 Å². The van der Waals surface area contributed by atoms with Crippen molar-refractivity contribution in [2.45, 2.75) is 6.42 Å². The number of hydrogen-bond donors (Lipinski definition) is 2. The number of amides is 2. The SMILES string of the molecule is COc1ccc(CC(=O)NCC(=O)Nc2ccccc2N2CCOCC2)cc1. The molecule has 2 amide bonds. The Morgan fingerprint density at radius 3 is 2.46 bits per heavy atom. The van der Waals surface area contributed by atoms with Gasteiger partial charge in [0.05, 0.1) is 44.7 Å². The number of ether oxygens (including phenoxy) is 2. The molecule has 1 saturated heterocycles. The van der Waals surface area contributed by atoms with Gasteiger partial charge in [0.15, 0.2) is 0 Å². The molecule has 2 aromatic rings. The molecule has 0 aromatic heterocycles. The van der Waals surface area contributed by atoms with Crippen molar-refractivity contribution < 1.29 is 19.1 Å². The van der Waals surface area contributed by atoms with Crippen molar-refractivity contribution in [2.24, 2.45) is 0 Å². The molecule has 0 bridgehead atoms. The number of rotatable bonds is 7. The number of hydrogen-bond acceptors (Lipinski definition) is 5. The maximum Gasteiger partial charge on any atom is 0.243 e. The predicted molar refractivity (Wildman–Crippen MR) is 108 cm³/mol. The number of methoxy groups -OCH3 is 1. The van der Waals surface area contributed by atoms with Gasteiger partial charge in [-0.05, 0) is 29.8 Å². The lowest BCUT2D eigenvalue weighted by atomic mass is 10.1. The first-order valence-corrected chi connectivity index (χ1v) is 9.27. The predicted octanol–water partition coefficient (Wildman–Crippen LogP) is 1.83. The molecule has 28 heavy (non-hydrogen) atoms. The molecule has 148 valence electrons. The molecule has 1 aliphatic rings. The summed E-state index contributed by atoms with van der Waals surface area (Å²) in [5, 5.41) is 5.55. The number of anilines is 2. The maximum atomic E-state index is 12.3. The summed E-state index contributed by atoms with van der Waals surface area (Å²) in [4.78, 5) is 26.6. The Morgan fingerprint density at radius 1 is 1.04 bits per heavy atom. The standard InChI is InChI=1S/C21H25N3O4/c1-27-17-8-6-16(7-9-17)14-20(25)22-15-21(26)23-18-4-2-3-5-19(18)24-10-12-28-13-11-24/h2-9H,10-15H2,1H3,(H,22,25)(H,23,26). The van der Waals surface area contributed by atoms with E-state index in [0.29, 0.717) is 13.2 Å². The number of nitrogens with one attached hydrogen (secondary N) is 2. The van der Waals surface area contributed by atoms with Crippen molar-refractivity contribution in [1.29, 1.82) is 0 Å². The van der Waals surface area contributed by atoms with Crippen molar-refractivity contribution in [1.82, 2.24) is 5.32 Å². The Morgan fingerprint density at radius 2 is 1.75 bits per heavy atom. The van der Waals surface area contributed by atoms with Crippen molar-refractivity contribution in [3.05, 3.63) is 54.1 Å². The van der Waals surface area contributed by atoms with E-state index in [2.05, 4.69) is 15.5 Å². The van der Waals surface area contributed by atoms with E-state index < -0.39 is 0 Å². The fourth-order valence-corrected chi connectivity index (χ4v) is 3.02. The molecule has 2 N–H and O–H groups in total. The minimum atomic E-state index is -0.260. The van der Waals surface area contributed by atoms with Gasteiger partial charge >= 0.3 is 0 Å². The molecule has 0 spiro atoms. The third-order valence-electron chi connectivity index (χ3n) is 4.50. The second-order valence-corrected chi connectivity index (χ2v) is 6.47. The van der Waals surface area contributed by atoms with E-state index in [1.54, 1.807) is 19.2 Å². The van der Waals surface area contributed by atoms with Crippen LogP contribution in [0.15, 0.2) is 48.5 Å². The second-order valence-electron chi connectivity index (χ2n) is 6.47. The van der Waals surface area contributed by atoms with Crippen LogP contribution in [0.4, 0.5) is 11.4 Å². The Kier molecular flexibility index (Phi) is 6.86. The van der Waals surface area contributed by atoms with Crippen LogP contribution in [0.1, 0.15) is 5.56 Å². The number of nitrogens with zero attached hydrogens (tertiary/aromatic N) is 1. The van der Waals surface area contributed by atoms with Crippen molar-refractivity contribution in [3.63, 3.8) is 0 Å². The minimum Gasteiger partial charge on any atom is -0.497 e. The summed E-state index contributed by atoms with van der Waals surface area (Å²) in [5.41, 5.74) is 2.55.